The van der Waals surface area contributed by atoms with Crippen LogP contribution in [0.2, 0.25) is 5.02 Å². The van der Waals surface area contributed by atoms with E-state index in [1.54, 1.807) is 12.1 Å². The van der Waals surface area contributed by atoms with Crippen molar-refractivity contribution in [1.82, 2.24) is 0 Å². The van der Waals surface area contributed by atoms with Crippen LogP contribution in [-0.2, 0) is 14.3 Å². The van der Waals surface area contributed by atoms with E-state index in [0.717, 1.165) is 0 Å². The second kappa shape index (κ2) is 8.09. The Bertz CT molecular complexity index is 898. The van der Waals surface area contributed by atoms with Crippen LogP contribution >= 0.6 is 11.6 Å². The first-order valence-electron chi connectivity index (χ1n) is 7.96. The third-order valence-corrected chi connectivity index (χ3v) is 3.92. The molecule has 1 aliphatic rings. The molecule has 27 heavy (non-hydrogen) atoms. The van der Waals surface area contributed by atoms with Gasteiger partial charge in [0.15, 0.2) is 17.6 Å². The summed E-state index contributed by atoms with van der Waals surface area (Å²) in [6.07, 6.45) is 1.63. The van der Waals surface area contributed by atoms with Gasteiger partial charge < -0.3 is 19.5 Å². The molecule has 2 aromatic carbocycles. The van der Waals surface area contributed by atoms with Gasteiger partial charge in [0, 0.05) is 11.8 Å². The number of anilines is 1. The largest absolute Gasteiger partial charge is 0.454 e. The molecule has 1 atom stereocenters. The minimum absolute atomic E-state index is 0.0882. The van der Waals surface area contributed by atoms with Gasteiger partial charge in [0.2, 0.25) is 6.79 Å². The van der Waals surface area contributed by atoms with E-state index in [9.17, 15) is 14.0 Å². The average molecular weight is 392 g/mol. The molecule has 1 amide bonds. The number of ether oxygens (including phenoxy) is 3. The number of hydrogen-bond acceptors (Lipinski definition) is 5. The summed E-state index contributed by atoms with van der Waals surface area (Å²) in [5.74, 6) is -0.702. The van der Waals surface area contributed by atoms with Crippen molar-refractivity contribution in [3.8, 4) is 11.5 Å². The lowest BCUT2D eigenvalue weighted by atomic mass is 10.2. The Morgan fingerprint density at radius 3 is 2.74 bits per heavy atom. The van der Waals surface area contributed by atoms with Crippen molar-refractivity contribution in [2.75, 3.05) is 12.1 Å². The lowest BCUT2D eigenvalue weighted by molar-refractivity contribution is -0.148. The van der Waals surface area contributed by atoms with Crippen LogP contribution in [0.1, 0.15) is 12.5 Å². The van der Waals surface area contributed by atoms with Crippen LogP contribution in [0.5, 0.6) is 11.5 Å². The molecule has 6 nitrogen and oxygen atoms in total. The van der Waals surface area contributed by atoms with Crippen LogP contribution < -0.4 is 14.8 Å². The third kappa shape index (κ3) is 4.77. The summed E-state index contributed by atoms with van der Waals surface area (Å²) in [6.45, 7) is 1.52. The van der Waals surface area contributed by atoms with E-state index in [0.29, 0.717) is 27.8 Å². The van der Waals surface area contributed by atoms with E-state index in [1.807, 2.05) is 0 Å². The molecule has 0 saturated carbocycles. The van der Waals surface area contributed by atoms with Crippen LogP contribution in [0.3, 0.4) is 0 Å². The summed E-state index contributed by atoms with van der Waals surface area (Å²) in [7, 11) is 0. The number of rotatable bonds is 5. The molecule has 1 aliphatic heterocycles. The minimum Gasteiger partial charge on any atom is -0.454 e. The van der Waals surface area contributed by atoms with Gasteiger partial charge in [-0.25, -0.2) is 9.18 Å². The molecule has 3 rings (SSSR count). The summed E-state index contributed by atoms with van der Waals surface area (Å²) in [6, 6.07) is 8.53. The van der Waals surface area contributed by atoms with Crippen molar-refractivity contribution in [1.29, 1.82) is 0 Å². The van der Waals surface area contributed by atoms with E-state index in [1.165, 1.54) is 43.3 Å². The normalized spacial score (nSPS) is 13.4. The maximum Gasteiger partial charge on any atom is 0.331 e. The van der Waals surface area contributed by atoms with Gasteiger partial charge in [-0.15, -0.1) is 0 Å². The van der Waals surface area contributed by atoms with E-state index in [2.05, 4.69) is 5.32 Å². The van der Waals surface area contributed by atoms with Crippen molar-refractivity contribution in [3.05, 3.63) is 58.9 Å². The molecule has 0 saturated heterocycles. The molecule has 1 heterocycles. The summed E-state index contributed by atoms with van der Waals surface area (Å²) in [5, 5.41) is 2.89. The Morgan fingerprint density at radius 1 is 1.26 bits per heavy atom. The van der Waals surface area contributed by atoms with E-state index >= 15 is 0 Å². The molecular weight excluding hydrogens is 377 g/mol. The Labute approximate surface area is 159 Å². The van der Waals surface area contributed by atoms with Gasteiger partial charge in [-0.05, 0) is 55.0 Å². The van der Waals surface area contributed by atoms with Gasteiger partial charge in [-0.1, -0.05) is 11.6 Å². The number of halogens is 2. The first kappa shape index (κ1) is 18.7. The third-order valence-electron chi connectivity index (χ3n) is 3.64. The number of esters is 1. The predicted octanol–water partition coefficient (Wildman–Crippen LogP) is 3.79. The summed E-state index contributed by atoms with van der Waals surface area (Å²) in [5.41, 5.74) is 1.01. The van der Waals surface area contributed by atoms with E-state index in [-0.39, 0.29) is 6.79 Å². The van der Waals surface area contributed by atoms with Gasteiger partial charge in [0.25, 0.3) is 5.91 Å². The molecule has 2 aromatic rings. The molecule has 0 bridgehead atoms. The Balaban J connectivity index is 1.56. The van der Waals surface area contributed by atoms with Gasteiger partial charge in [-0.3, -0.25) is 4.79 Å². The van der Waals surface area contributed by atoms with Crippen molar-refractivity contribution < 1.29 is 28.2 Å². The number of benzene rings is 2. The molecule has 140 valence electrons. The Kier molecular flexibility index (Phi) is 5.61. The number of fused-ring (bicyclic) bond motifs is 1. The average Bonchev–Trinajstić information content (AvgIpc) is 3.11. The highest BCUT2D eigenvalue weighted by Gasteiger charge is 2.19. The molecule has 0 unspecified atom stereocenters. The molecule has 0 spiro atoms. The molecule has 8 heteroatoms. The first-order valence-corrected chi connectivity index (χ1v) is 8.34. The number of carbonyl (C=O) groups excluding carboxylic acids is 2. The van der Waals surface area contributed by atoms with Crippen molar-refractivity contribution in [3.63, 3.8) is 0 Å². The quantitative estimate of drug-likeness (QED) is 0.620. The standard InChI is InChI=1S/C19H15ClFNO5/c1-11(19(24)22-14-5-3-13(21)4-6-14)27-17(23)7-2-12-8-15(20)18-16(9-12)25-10-26-18/h2-9,11H,10H2,1H3,(H,22,24)/b7-2+/t11-/m0/s1. The number of nitrogens with one attached hydrogen (secondary N) is 1. The maximum absolute atomic E-state index is 12.9. The second-order valence-electron chi connectivity index (χ2n) is 5.65. The fourth-order valence-corrected chi connectivity index (χ4v) is 2.57. The SMILES string of the molecule is C[C@H](OC(=O)/C=C/c1cc(Cl)c2c(c1)OCO2)C(=O)Nc1ccc(F)cc1. The highest BCUT2D eigenvalue weighted by molar-refractivity contribution is 6.32. The topological polar surface area (TPSA) is 73.9 Å². The lowest BCUT2D eigenvalue weighted by Gasteiger charge is -2.12. The van der Waals surface area contributed by atoms with Crippen molar-refractivity contribution in [2.24, 2.45) is 0 Å². The summed E-state index contributed by atoms with van der Waals surface area (Å²) < 4.78 is 28.4. The van der Waals surface area contributed by atoms with E-state index < -0.39 is 23.8 Å². The van der Waals surface area contributed by atoms with Gasteiger partial charge in [0.1, 0.15) is 5.82 Å². The highest BCUT2D eigenvalue weighted by Crippen LogP contribution is 2.40. The zero-order valence-corrected chi connectivity index (χ0v) is 15.0. The molecule has 0 radical (unpaired) electrons. The van der Waals surface area contributed by atoms with Gasteiger partial charge in [-0.2, -0.15) is 0 Å². The number of hydrogen-bond donors (Lipinski definition) is 1. The highest BCUT2D eigenvalue weighted by atomic mass is 35.5. The first-order chi connectivity index (χ1) is 12.9. The molecule has 0 aromatic heterocycles. The van der Waals surface area contributed by atoms with Crippen LogP contribution in [0.4, 0.5) is 10.1 Å². The zero-order valence-electron chi connectivity index (χ0n) is 14.2. The zero-order chi connectivity index (χ0) is 19.4. The monoisotopic (exact) mass is 391 g/mol. The molecule has 1 N–H and O–H groups in total. The predicted molar refractivity (Wildman–Crippen MR) is 97.2 cm³/mol. The fourth-order valence-electron chi connectivity index (χ4n) is 2.29. The second-order valence-corrected chi connectivity index (χ2v) is 6.05. The number of carbonyl (C=O) groups is 2. The fraction of sp³-hybridized carbons (Fsp3) is 0.158. The molecule has 0 aliphatic carbocycles. The van der Waals surface area contributed by atoms with Crippen molar-refractivity contribution >= 4 is 35.2 Å². The minimum atomic E-state index is -1.03. The van der Waals surface area contributed by atoms with E-state index in [4.69, 9.17) is 25.8 Å². The summed E-state index contributed by atoms with van der Waals surface area (Å²) in [4.78, 5) is 23.9. The van der Waals surface area contributed by atoms with Crippen molar-refractivity contribution in [2.45, 2.75) is 13.0 Å². The molecular formula is C19H15ClFNO5. The number of amides is 1. The molecule has 0 fully saturated rings. The van der Waals surface area contributed by atoms with Crippen LogP contribution in [0, 0.1) is 5.82 Å². The Morgan fingerprint density at radius 2 is 2.00 bits per heavy atom. The van der Waals surface area contributed by atoms with Gasteiger partial charge >= 0.3 is 5.97 Å². The van der Waals surface area contributed by atoms with Crippen LogP contribution in [0.15, 0.2) is 42.5 Å². The summed E-state index contributed by atoms with van der Waals surface area (Å²) >= 11 is 6.07. The van der Waals surface area contributed by atoms with Crippen LogP contribution in [-0.4, -0.2) is 24.8 Å². The lowest BCUT2D eigenvalue weighted by Crippen LogP contribution is -2.29. The van der Waals surface area contributed by atoms with Crippen LogP contribution in [0.25, 0.3) is 6.08 Å². The van der Waals surface area contributed by atoms with Gasteiger partial charge in [0.05, 0.1) is 5.02 Å². The maximum atomic E-state index is 12.9. The smallest absolute Gasteiger partial charge is 0.331 e. The Hall–Kier alpha value is -3.06.